The molecule has 0 aromatic carbocycles. The van der Waals surface area contributed by atoms with Crippen molar-refractivity contribution >= 4 is 11.9 Å². The first-order chi connectivity index (χ1) is 8.52. The van der Waals surface area contributed by atoms with E-state index in [1.807, 2.05) is 0 Å². The quantitative estimate of drug-likeness (QED) is 0.601. The molecule has 1 heterocycles. The summed E-state index contributed by atoms with van der Waals surface area (Å²) in [6.07, 6.45) is 0. The number of aromatic nitrogens is 1. The van der Waals surface area contributed by atoms with E-state index < -0.39 is 5.97 Å². The molecule has 6 nitrogen and oxygen atoms in total. The summed E-state index contributed by atoms with van der Waals surface area (Å²) in [5.41, 5.74) is 2.00. The summed E-state index contributed by atoms with van der Waals surface area (Å²) in [5.74, 6) is -0.708. The lowest BCUT2D eigenvalue weighted by Gasteiger charge is -2.04. The van der Waals surface area contributed by atoms with Crippen LogP contribution >= 0.6 is 0 Å². The van der Waals surface area contributed by atoms with Crippen molar-refractivity contribution in [2.24, 2.45) is 0 Å². The van der Waals surface area contributed by atoms with Gasteiger partial charge < -0.3 is 19.8 Å². The normalized spacial score (nSPS) is 10.2. The summed E-state index contributed by atoms with van der Waals surface area (Å²) in [4.78, 5) is 26.3. The van der Waals surface area contributed by atoms with Crippen LogP contribution in [-0.2, 0) is 9.47 Å². The van der Waals surface area contributed by atoms with Crippen molar-refractivity contribution in [3.63, 3.8) is 0 Å². The summed E-state index contributed by atoms with van der Waals surface area (Å²) in [6.45, 7) is 4.29. The lowest BCUT2D eigenvalue weighted by molar-refractivity contribution is 0.0599. The molecule has 0 unspecified atom stereocenters. The number of methoxy groups -OCH3 is 2. The zero-order valence-electron chi connectivity index (χ0n) is 11.0. The summed E-state index contributed by atoms with van der Waals surface area (Å²) in [7, 11) is 2.87. The van der Waals surface area contributed by atoms with E-state index in [1.54, 1.807) is 21.0 Å². The first-order valence-electron chi connectivity index (χ1n) is 5.57. The maximum absolute atomic E-state index is 11.9. The van der Waals surface area contributed by atoms with Crippen LogP contribution in [0, 0.1) is 13.8 Å². The monoisotopic (exact) mass is 254 g/mol. The number of carbonyl (C=O) groups excluding carboxylic acids is 2. The smallest absolute Gasteiger partial charge is 0.339 e. The lowest BCUT2D eigenvalue weighted by Crippen LogP contribution is -2.27. The van der Waals surface area contributed by atoms with Gasteiger partial charge in [-0.3, -0.25) is 4.79 Å². The summed E-state index contributed by atoms with van der Waals surface area (Å²) >= 11 is 0. The Balaban J connectivity index is 2.91. The van der Waals surface area contributed by atoms with Gasteiger partial charge in [-0.25, -0.2) is 4.79 Å². The second-order valence-electron chi connectivity index (χ2n) is 3.87. The molecule has 6 heteroatoms. The fourth-order valence-electron chi connectivity index (χ4n) is 1.74. The van der Waals surface area contributed by atoms with Crippen LogP contribution in [-0.4, -0.2) is 44.2 Å². The Bertz CT molecular complexity index is 451. The molecule has 0 fully saturated rings. The molecule has 1 rings (SSSR count). The van der Waals surface area contributed by atoms with E-state index in [-0.39, 0.29) is 5.91 Å². The average Bonchev–Trinajstić information content (AvgIpc) is 2.64. The van der Waals surface area contributed by atoms with Crippen LogP contribution in [0.3, 0.4) is 0 Å². The maximum Gasteiger partial charge on any atom is 0.339 e. The number of carbonyl (C=O) groups is 2. The van der Waals surface area contributed by atoms with E-state index in [1.165, 1.54) is 7.11 Å². The first kappa shape index (κ1) is 14.2. The van der Waals surface area contributed by atoms with Crippen LogP contribution in [0.15, 0.2) is 0 Å². The molecule has 0 aliphatic carbocycles. The molecule has 1 aromatic heterocycles. The predicted octanol–water partition coefficient (Wildman–Crippen LogP) is 0.794. The molecule has 18 heavy (non-hydrogen) atoms. The highest BCUT2D eigenvalue weighted by atomic mass is 16.5. The van der Waals surface area contributed by atoms with E-state index in [4.69, 9.17) is 4.74 Å². The minimum Gasteiger partial charge on any atom is -0.465 e. The molecule has 0 radical (unpaired) electrons. The molecule has 0 bridgehead atoms. The Morgan fingerprint density at radius 2 is 1.94 bits per heavy atom. The average molecular weight is 254 g/mol. The highest BCUT2D eigenvalue weighted by Crippen LogP contribution is 2.18. The van der Waals surface area contributed by atoms with Gasteiger partial charge in [0.2, 0.25) is 0 Å². The SMILES string of the molecule is COCCNC(=O)c1[nH]c(C)c(C(=O)OC)c1C. The Labute approximate surface area is 106 Å². The van der Waals surface area contributed by atoms with Crippen molar-refractivity contribution in [2.45, 2.75) is 13.8 Å². The lowest BCUT2D eigenvalue weighted by atomic mass is 10.1. The zero-order valence-corrected chi connectivity index (χ0v) is 11.0. The summed E-state index contributed by atoms with van der Waals surface area (Å²) < 4.78 is 9.52. The number of nitrogens with one attached hydrogen (secondary N) is 2. The van der Waals surface area contributed by atoms with Gasteiger partial charge in [-0.15, -0.1) is 0 Å². The third kappa shape index (κ3) is 2.89. The van der Waals surface area contributed by atoms with Gasteiger partial charge in [-0.1, -0.05) is 0 Å². The van der Waals surface area contributed by atoms with Crippen LogP contribution in [0.4, 0.5) is 0 Å². The number of aryl methyl sites for hydroxylation is 1. The van der Waals surface area contributed by atoms with Gasteiger partial charge in [0.25, 0.3) is 5.91 Å². The van der Waals surface area contributed by atoms with Gasteiger partial charge in [0, 0.05) is 19.3 Å². The van der Waals surface area contributed by atoms with Crippen molar-refractivity contribution in [1.29, 1.82) is 0 Å². The standard InChI is InChI=1S/C12H18N2O4/c1-7-9(12(16)18-4)8(2)14-10(7)11(15)13-5-6-17-3/h14H,5-6H2,1-4H3,(H,13,15). The van der Waals surface area contributed by atoms with Crippen LogP contribution in [0.25, 0.3) is 0 Å². The molecular formula is C12H18N2O4. The van der Waals surface area contributed by atoms with Crippen molar-refractivity contribution in [1.82, 2.24) is 10.3 Å². The molecule has 2 N–H and O–H groups in total. The third-order valence-corrected chi connectivity index (χ3v) is 2.65. The van der Waals surface area contributed by atoms with Crippen LogP contribution < -0.4 is 5.32 Å². The fourth-order valence-corrected chi connectivity index (χ4v) is 1.74. The molecular weight excluding hydrogens is 236 g/mol. The van der Waals surface area contributed by atoms with E-state index in [2.05, 4.69) is 15.0 Å². The zero-order chi connectivity index (χ0) is 13.7. The van der Waals surface area contributed by atoms with Crippen LogP contribution in [0.5, 0.6) is 0 Å². The molecule has 1 amide bonds. The number of hydrogen-bond donors (Lipinski definition) is 2. The number of ether oxygens (including phenoxy) is 2. The van der Waals surface area contributed by atoms with Crippen molar-refractivity contribution in [3.05, 3.63) is 22.5 Å². The van der Waals surface area contributed by atoms with E-state index in [0.29, 0.717) is 35.7 Å². The molecule has 0 aliphatic rings. The number of H-pyrrole nitrogens is 1. The number of amides is 1. The highest BCUT2D eigenvalue weighted by molar-refractivity contribution is 6.00. The van der Waals surface area contributed by atoms with E-state index in [9.17, 15) is 9.59 Å². The highest BCUT2D eigenvalue weighted by Gasteiger charge is 2.21. The molecule has 0 atom stereocenters. The molecule has 0 saturated carbocycles. The molecule has 100 valence electrons. The van der Waals surface area contributed by atoms with E-state index >= 15 is 0 Å². The van der Waals surface area contributed by atoms with Gasteiger partial charge in [0.05, 0.1) is 19.3 Å². The van der Waals surface area contributed by atoms with Crippen molar-refractivity contribution in [3.8, 4) is 0 Å². The Hall–Kier alpha value is -1.82. The second kappa shape index (κ2) is 6.20. The first-order valence-corrected chi connectivity index (χ1v) is 5.57. The van der Waals surface area contributed by atoms with Crippen LogP contribution in [0.2, 0.25) is 0 Å². The number of esters is 1. The molecule has 1 aromatic rings. The summed E-state index contributed by atoms with van der Waals surface area (Å²) in [5, 5.41) is 2.69. The maximum atomic E-state index is 11.9. The number of aromatic amines is 1. The fraction of sp³-hybridized carbons (Fsp3) is 0.500. The number of rotatable bonds is 5. The van der Waals surface area contributed by atoms with Gasteiger partial charge >= 0.3 is 5.97 Å². The minimum absolute atomic E-state index is 0.261. The van der Waals surface area contributed by atoms with Crippen molar-refractivity contribution < 1.29 is 19.1 Å². The number of hydrogen-bond acceptors (Lipinski definition) is 4. The summed E-state index contributed by atoms with van der Waals surface area (Å²) in [6, 6.07) is 0. The van der Waals surface area contributed by atoms with Gasteiger partial charge in [0.1, 0.15) is 5.69 Å². The van der Waals surface area contributed by atoms with E-state index in [0.717, 1.165) is 0 Å². The topological polar surface area (TPSA) is 80.4 Å². The minimum atomic E-state index is -0.447. The predicted molar refractivity (Wildman–Crippen MR) is 65.8 cm³/mol. The van der Waals surface area contributed by atoms with Gasteiger partial charge in [0.15, 0.2) is 0 Å². The second-order valence-corrected chi connectivity index (χ2v) is 3.87. The Morgan fingerprint density at radius 3 is 2.50 bits per heavy atom. The Morgan fingerprint density at radius 1 is 1.28 bits per heavy atom. The van der Waals surface area contributed by atoms with Crippen molar-refractivity contribution in [2.75, 3.05) is 27.4 Å². The molecule has 0 aliphatic heterocycles. The third-order valence-electron chi connectivity index (χ3n) is 2.65. The molecule has 0 spiro atoms. The largest absolute Gasteiger partial charge is 0.465 e. The Kier molecular flexibility index (Phi) is 4.91. The van der Waals surface area contributed by atoms with Crippen LogP contribution in [0.1, 0.15) is 32.1 Å². The van der Waals surface area contributed by atoms with Gasteiger partial charge in [-0.05, 0) is 19.4 Å². The van der Waals surface area contributed by atoms with Gasteiger partial charge in [-0.2, -0.15) is 0 Å². The molecule has 0 saturated heterocycles.